The second-order valence-electron chi connectivity index (χ2n) is 9.57. The van der Waals surface area contributed by atoms with Gasteiger partial charge < -0.3 is 20.6 Å². The summed E-state index contributed by atoms with van der Waals surface area (Å²) in [5.74, 6) is -3.24. The maximum Gasteiger partial charge on any atom is 0.490 e. The molecule has 2 aliphatic rings. The van der Waals surface area contributed by atoms with Gasteiger partial charge in [-0.1, -0.05) is 30.2 Å². The Morgan fingerprint density at radius 2 is 1.84 bits per heavy atom. The highest BCUT2D eigenvalue weighted by Gasteiger charge is 2.38. The number of anilines is 1. The molecular weight excluding hydrogens is 607 g/mol. The fourth-order valence-electron chi connectivity index (χ4n) is 4.29. The van der Waals surface area contributed by atoms with E-state index in [0.29, 0.717) is 32.9 Å². The number of amidine groups is 1. The Kier molecular flexibility index (Phi) is 10.8. The summed E-state index contributed by atoms with van der Waals surface area (Å²) in [5.41, 5.74) is 2.81. The number of halogens is 4. The Labute approximate surface area is 254 Å². The fraction of sp³-hybridized carbons (Fsp3) is 0.276. The number of nitrogens with one attached hydrogen (secondary N) is 2. The highest BCUT2D eigenvalue weighted by Crippen LogP contribution is 2.32. The predicted molar refractivity (Wildman–Crippen MR) is 161 cm³/mol. The number of likely N-dealkylation sites (tertiary alicyclic amines) is 1. The molecule has 3 aromatic rings. The van der Waals surface area contributed by atoms with E-state index in [0.717, 1.165) is 36.1 Å². The molecule has 1 saturated heterocycles. The fourth-order valence-corrected chi connectivity index (χ4v) is 5.28. The number of hydrogen-bond acceptors (Lipinski definition) is 7. The van der Waals surface area contributed by atoms with Crippen LogP contribution in [0.15, 0.2) is 64.6 Å². The molecule has 1 fully saturated rings. The Balaban J connectivity index is 0.000000541. The van der Waals surface area contributed by atoms with Crippen LogP contribution in [0, 0.1) is 0 Å². The minimum Gasteiger partial charge on any atom is -0.475 e. The molecule has 0 saturated carbocycles. The average molecular weight is 634 g/mol. The zero-order valence-electron chi connectivity index (χ0n) is 22.7. The lowest BCUT2D eigenvalue weighted by atomic mass is 10.1. The topological polar surface area (TPSA) is 124 Å². The number of aliphatic carboxylic acids is 1. The summed E-state index contributed by atoms with van der Waals surface area (Å²) in [6.45, 7) is 3.64. The number of amides is 2. The van der Waals surface area contributed by atoms with Gasteiger partial charge in [0.25, 0.3) is 11.8 Å². The standard InChI is InChI=1S/C27H26ClN5O2S.C2HF3O2/c28-21-8-7-20(25(34)30-11-14-33-12-2-1-3-13-33)17-23(21)31-27-32-26(35)24(36-27)16-18-6-9-22-19(15-18)5-4-10-29-22;3-2(4,5)1(6)7/h4-10,15-17H,1-3,11-14H2,(H,30,34)(H,31,32,35);(H,6,7)/b24-16-;. The normalized spacial score (nSPS) is 16.4. The maximum atomic E-state index is 12.7. The number of pyridine rings is 1. The van der Waals surface area contributed by atoms with Crippen molar-refractivity contribution in [2.45, 2.75) is 25.4 Å². The summed E-state index contributed by atoms with van der Waals surface area (Å²) in [6, 6.07) is 14.7. The second kappa shape index (κ2) is 14.5. The van der Waals surface area contributed by atoms with E-state index in [-0.39, 0.29) is 11.8 Å². The van der Waals surface area contributed by atoms with Crippen LogP contribution in [0.1, 0.15) is 35.2 Å². The number of nitrogens with zero attached hydrogens (tertiary/aromatic N) is 3. The van der Waals surface area contributed by atoms with Gasteiger partial charge in [0.2, 0.25) is 0 Å². The van der Waals surface area contributed by atoms with Crippen molar-refractivity contribution >= 4 is 69.0 Å². The quantitative estimate of drug-likeness (QED) is 0.290. The first-order chi connectivity index (χ1) is 20.5. The van der Waals surface area contributed by atoms with E-state index in [4.69, 9.17) is 21.5 Å². The van der Waals surface area contributed by atoms with Crippen molar-refractivity contribution in [1.29, 1.82) is 0 Å². The maximum absolute atomic E-state index is 12.7. The van der Waals surface area contributed by atoms with Crippen LogP contribution in [0.5, 0.6) is 0 Å². The molecule has 5 rings (SSSR count). The van der Waals surface area contributed by atoms with Crippen molar-refractivity contribution in [3.8, 4) is 0 Å². The molecule has 3 heterocycles. The van der Waals surface area contributed by atoms with Gasteiger partial charge in [0.1, 0.15) is 0 Å². The first-order valence-electron chi connectivity index (χ1n) is 13.2. The van der Waals surface area contributed by atoms with E-state index in [1.54, 1.807) is 24.4 Å². The minimum atomic E-state index is -5.08. The number of hydrogen-bond donors (Lipinski definition) is 3. The Bertz CT molecular complexity index is 1580. The van der Waals surface area contributed by atoms with E-state index < -0.39 is 12.1 Å². The van der Waals surface area contributed by atoms with Crippen LogP contribution in [-0.2, 0) is 9.59 Å². The molecule has 0 atom stereocenters. The van der Waals surface area contributed by atoms with Crippen LogP contribution < -0.4 is 10.6 Å². The lowest BCUT2D eigenvalue weighted by Gasteiger charge is -2.26. The molecule has 0 bridgehead atoms. The third kappa shape index (κ3) is 9.27. The first kappa shape index (κ1) is 32.0. The van der Waals surface area contributed by atoms with E-state index >= 15 is 0 Å². The Hall–Kier alpha value is -3.94. The Morgan fingerprint density at radius 1 is 1.09 bits per heavy atom. The van der Waals surface area contributed by atoms with Crippen LogP contribution in [0.4, 0.5) is 18.9 Å². The van der Waals surface area contributed by atoms with Crippen molar-refractivity contribution in [2.24, 2.45) is 4.99 Å². The largest absolute Gasteiger partial charge is 0.490 e. The van der Waals surface area contributed by atoms with Crippen LogP contribution in [0.2, 0.25) is 5.02 Å². The number of aliphatic imine (C=N–C) groups is 1. The molecule has 2 amide bonds. The van der Waals surface area contributed by atoms with Crippen LogP contribution in [0.25, 0.3) is 17.0 Å². The van der Waals surface area contributed by atoms with Gasteiger partial charge in [0.05, 0.1) is 21.1 Å². The minimum absolute atomic E-state index is 0.157. The second-order valence-corrected chi connectivity index (χ2v) is 11.0. The van der Waals surface area contributed by atoms with Gasteiger partial charge in [-0.15, -0.1) is 0 Å². The van der Waals surface area contributed by atoms with Crippen molar-refractivity contribution in [1.82, 2.24) is 15.2 Å². The molecule has 0 radical (unpaired) electrons. The monoisotopic (exact) mass is 633 g/mol. The van der Waals surface area contributed by atoms with Crippen molar-refractivity contribution in [3.05, 3.63) is 75.8 Å². The average Bonchev–Trinajstić information content (AvgIpc) is 3.32. The third-order valence-corrected chi connectivity index (χ3v) is 7.65. The molecule has 43 heavy (non-hydrogen) atoms. The number of rotatable bonds is 6. The molecule has 1 aromatic heterocycles. The van der Waals surface area contributed by atoms with Gasteiger partial charge in [0, 0.05) is 30.2 Å². The number of aromatic nitrogens is 1. The number of carbonyl (C=O) groups excluding carboxylic acids is 2. The molecule has 2 aliphatic heterocycles. The number of fused-ring (bicyclic) bond motifs is 1. The lowest BCUT2D eigenvalue weighted by Crippen LogP contribution is -2.37. The molecule has 9 nitrogen and oxygen atoms in total. The van der Waals surface area contributed by atoms with E-state index in [9.17, 15) is 22.8 Å². The number of carboxylic acid groups (broad SMARTS) is 1. The summed E-state index contributed by atoms with van der Waals surface area (Å²) >= 11 is 7.61. The van der Waals surface area contributed by atoms with Crippen LogP contribution in [0.3, 0.4) is 0 Å². The molecule has 3 N–H and O–H groups in total. The van der Waals surface area contributed by atoms with Gasteiger partial charge >= 0.3 is 12.1 Å². The highest BCUT2D eigenvalue weighted by molar-refractivity contribution is 8.18. The van der Waals surface area contributed by atoms with Crippen molar-refractivity contribution < 1.29 is 32.7 Å². The van der Waals surface area contributed by atoms with Crippen molar-refractivity contribution in [3.63, 3.8) is 0 Å². The number of benzene rings is 2. The third-order valence-electron chi connectivity index (χ3n) is 6.42. The number of piperidine rings is 1. The zero-order valence-corrected chi connectivity index (χ0v) is 24.2. The van der Waals surface area contributed by atoms with Gasteiger partial charge in [-0.05, 0) is 85.7 Å². The first-order valence-corrected chi connectivity index (χ1v) is 14.4. The predicted octanol–water partition coefficient (Wildman–Crippen LogP) is 5.82. The number of carbonyl (C=O) groups is 3. The molecule has 2 aromatic carbocycles. The van der Waals surface area contributed by atoms with Gasteiger partial charge in [-0.25, -0.2) is 4.79 Å². The highest BCUT2D eigenvalue weighted by atomic mass is 35.5. The molecule has 226 valence electrons. The molecule has 14 heteroatoms. The smallest absolute Gasteiger partial charge is 0.475 e. The van der Waals surface area contributed by atoms with Crippen LogP contribution in [-0.4, -0.2) is 70.3 Å². The number of carboxylic acids is 1. The SMILES string of the molecule is O=C(O)C(F)(F)F.O=C1N=C(Nc2cc(C(=O)NCCN3CCCCC3)ccc2Cl)S/C1=C\c1ccc2ncccc2c1. The van der Waals surface area contributed by atoms with E-state index in [2.05, 4.69) is 25.5 Å². The summed E-state index contributed by atoms with van der Waals surface area (Å²) in [7, 11) is 0. The summed E-state index contributed by atoms with van der Waals surface area (Å²) in [4.78, 5) is 45.4. The molecule has 0 unspecified atom stereocenters. The van der Waals surface area contributed by atoms with Crippen LogP contribution >= 0.6 is 23.4 Å². The van der Waals surface area contributed by atoms with Gasteiger partial charge in [-0.2, -0.15) is 18.2 Å². The summed E-state index contributed by atoms with van der Waals surface area (Å²) in [6.07, 6.45) is 2.22. The lowest BCUT2D eigenvalue weighted by molar-refractivity contribution is -0.192. The summed E-state index contributed by atoms with van der Waals surface area (Å²) < 4.78 is 31.7. The van der Waals surface area contributed by atoms with E-state index in [1.165, 1.54) is 31.0 Å². The number of thioether (sulfide) groups is 1. The zero-order chi connectivity index (χ0) is 31.0. The van der Waals surface area contributed by atoms with Crippen molar-refractivity contribution in [2.75, 3.05) is 31.5 Å². The molecule has 0 spiro atoms. The Morgan fingerprint density at radius 3 is 2.56 bits per heavy atom. The summed E-state index contributed by atoms with van der Waals surface area (Å²) in [5, 5.41) is 15.1. The van der Waals surface area contributed by atoms with Gasteiger partial charge in [-0.3, -0.25) is 14.6 Å². The van der Waals surface area contributed by atoms with E-state index in [1.807, 2.05) is 36.4 Å². The molecule has 0 aliphatic carbocycles. The molecular formula is C29H27ClF3N5O4S. The van der Waals surface area contributed by atoms with Gasteiger partial charge in [0.15, 0.2) is 5.17 Å². The number of alkyl halides is 3.